The van der Waals surface area contributed by atoms with Crippen molar-refractivity contribution in [1.29, 1.82) is 0 Å². The van der Waals surface area contributed by atoms with E-state index < -0.39 is 4.92 Å². The normalized spacial score (nSPS) is 9.39. The number of nitrogens with two attached hydrogens (primary N) is 1. The third kappa shape index (κ3) is 9.32. The summed E-state index contributed by atoms with van der Waals surface area (Å²) >= 11 is 0. The molecule has 0 saturated heterocycles. The van der Waals surface area contributed by atoms with Gasteiger partial charge < -0.3 is 15.8 Å². The molecule has 1 aromatic heterocycles. The van der Waals surface area contributed by atoms with Crippen molar-refractivity contribution in [2.75, 3.05) is 0 Å². The van der Waals surface area contributed by atoms with Gasteiger partial charge in [0.15, 0.2) is 6.33 Å². The van der Waals surface area contributed by atoms with Gasteiger partial charge in [-0.1, -0.05) is 32.6 Å². The smallest absolute Gasteiger partial charge is 0.340 e. The number of nitrogens with one attached hydrogen (secondary N) is 1. The highest BCUT2D eigenvalue weighted by Gasteiger charge is 1.99. The first-order chi connectivity index (χ1) is 8.57. The summed E-state index contributed by atoms with van der Waals surface area (Å²) in [7, 11) is 0. The number of hydrogen-bond acceptors (Lipinski definition) is 4. The third-order valence-electron chi connectivity index (χ3n) is 2.21. The number of H-pyrrole nitrogens is 1. The third-order valence-corrected chi connectivity index (χ3v) is 2.21. The Hall–Kier alpha value is -1.92. The fourth-order valence-corrected chi connectivity index (χ4v) is 1.25. The van der Waals surface area contributed by atoms with Crippen LogP contribution < -0.4 is 5.73 Å². The zero-order valence-electron chi connectivity index (χ0n) is 10.6. The first-order valence-corrected chi connectivity index (χ1v) is 5.99. The van der Waals surface area contributed by atoms with Crippen LogP contribution in [0.1, 0.15) is 45.4 Å². The first-order valence-electron chi connectivity index (χ1n) is 5.99. The van der Waals surface area contributed by atoms with E-state index in [9.17, 15) is 14.9 Å². The maximum Gasteiger partial charge on any atom is 0.340 e. The Morgan fingerprint density at radius 1 is 1.44 bits per heavy atom. The Bertz CT molecular complexity index is 338. The zero-order chi connectivity index (χ0) is 13.8. The first kappa shape index (κ1) is 16.1. The van der Waals surface area contributed by atoms with Crippen molar-refractivity contribution in [1.82, 2.24) is 9.97 Å². The average molecular weight is 256 g/mol. The van der Waals surface area contributed by atoms with Crippen LogP contribution >= 0.6 is 0 Å². The minimum absolute atomic E-state index is 0.0787. The molecule has 0 aliphatic rings. The summed E-state index contributed by atoms with van der Waals surface area (Å²) in [6, 6.07) is 0. The van der Waals surface area contributed by atoms with Gasteiger partial charge in [0, 0.05) is 6.42 Å². The number of aromatic amines is 1. The SMILES string of the molecule is CCCCCCCC(N)=O.O=[N+]([O-])c1cnc[nH]1. The molecule has 0 aromatic carbocycles. The molecule has 0 atom stereocenters. The summed E-state index contributed by atoms with van der Waals surface area (Å²) in [4.78, 5) is 25.3. The van der Waals surface area contributed by atoms with Gasteiger partial charge >= 0.3 is 5.82 Å². The number of imidazole rings is 1. The van der Waals surface area contributed by atoms with Crippen LogP contribution in [0.3, 0.4) is 0 Å². The second-order valence-electron chi connectivity index (χ2n) is 3.82. The average Bonchev–Trinajstić information content (AvgIpc) is 2.83. The van der Waals surface area contributed by atoms with Crippen molar-refractivity contribution < 1.29 is 9.72 Å². The van der Waals surface area contributed by atoms with E-state index in [0.717, 1.165) is 19.0 Å². The number of carbonyl (C=O) groups excluding carboxylic acids is 1. The van der Waals surface area contributed by atoms with E-state index in [-0.39, 0.29) is 11.7 Å². The van der Waals surface area contributed by atoms with Crippen molar-refractivity contribution in [3.8, 4) is 0 Å². The molecule has 1 amide bonds. The molecule has 0 aliphatic carbocycles. The number of amides is 1. The zero-order valence-corrected chi connectivity index (χ0v) is 10.6. The van der Waals surface area contributed by atoms with Crippen LogP contribution in [0.25, 0.3) is 0 Å². The summed E-state index contributed by atoms with van der Waals surface area (Å²) in [6.45, 7) is 2.17. The number of nitrogens with zero attached hydrogens (tertiary/aromatic N) is 2. The number of rotatable bonds is 7. The van der Waals surface area contributed by atoms with Crippen molar-refractivity contribution in [2.24, 2.45) is 5.73 Å². The summed E-state index contributed by atoms with van der Waals surface area (Å²) in [5.74, 6) is -0.249. The van der Waals surface area contributed by atoms with Crippen molar-refractivity contribution in [2.45, 2.75) is 45.4 Å². The Kier molecular flexibility index (Phi) is 9.15. The van der Waals surface area contributed by atoms with Gasteiger partial charge in [0.05, 0.1) is 0 Å². The fourth-order valence-electron chi connectivity index (χ4n) is 1.25. The van der Waals surface area contributed by atoms with E-state index in [1.807, 2.05) is 0 Å². The Labute approximate surface area is 106 Å². The number of carbonyl (C=O) groups is 1. The van der Waals surface area contributed by atoms with Gasteiger partial charge in [-0.2, -0.15) is 0 Å². The van der Waals surface area contributed by atoms with Crippen molar-refractivity contribution >= 4 is 11.7 Å². The van der Waals surface area contributed by atoms with Gasteiger partial charge in [-0.15, -0.1) is 0 Å². The highest BCUT2D eigenvalue weighted by Crippen LogP contribution is 2.03. The van der Waals surface area contributed by atoms with E-state index in [1.54, 1.807) is 0 Å². The lowest BCUT2D eigenvalue weighted by Gasteiger charge is -1.95. The number of unbranched alkanes of at least 4 members (excludes halogenated alkanes) is 4. The van der Waals surface area contributed by atoms with E-state index in [4.69, 9.17) is 5.73 Å². The van der Waals surface area contributed by atoms with E-state index in [0.29, 0.717) is 6.42 Å². The molecular weight excluding hydrogens is 236 g/mol. The van der Waals surface area contributed by atoms with E-state index >= 15 is 0 Å². The molecule has 1 rings (SSSR count). The molecule has 3 N–H and O–H groups in total. The Morgan fingerprint density at radius 3 is 2.50 bits per heavy atom. The van der Waals surface area contributed by atoms with Gasteiger partial charge in [-0.3, -0.25) is 4.79 Å². The van der Waals surface area contributed by atoms with Crippen LogP contribution in [-0.2, 0) is 4.79 Å². The van der Waals surface area contributed by atoms with Crippen LogP contribution in [0.15, 0.2) is 12.5 Å². The van der Waals surface area contributed by atoms with Crippen LogP contribution in [0.2, 0.25) is 0 Å². The van der Waals surface area contributed by atoms with Crippen LogP contribution in [0, 0.1) is 10.1 Å². The van der Waals surface area contributed by atoms with Crippen LogP contribution in [-0.4, -0.2) is 20.8 Å². The molecule has 0 fully saturated rings. The lowest BCUT2D eigenvalue weighted by atomic mass is 10.1. The van der Waals surface area contributed by atoms with Crippen LogP contribution in [0.5, 0.6) is 0 Å². The van der Waals surface area contributed by atoms with E-state index in [1.165, 1.54) is 25.6 Å². The summed E-state index contributed by atoms with van der Waals surface area (Å²) in [6.07, 6.45) is 8.85. The number of hydrogen-bond donors (Lipinski definition) is 2. The van der Waals surface area contributed by atoms with Gasteiger partial charge in [0.1, 0.15) is 6.20 Å². The van der Waals surface area contributed by atoms with Gasteiger partial charge in [0.2, 0.25) is 5.91 Å². The lowest BCUT2D eigenvalue weighted by molar-refractivity contribution is -0.389. The molecule has 1 aromatic rings. The number of nitro groups is 1. The van der Waals surface area contributed by atoms with Gasteiger partial charge in [0.25, 0.3) is 0 Å². The lowest BCUT2D eigenvalue weighted by Crippen LogP contribution is -2.09. The maximum atomic E-state index is 10.3. The Morgan fingerprint density at radius 2 is 2.11 bits per heavy atom. The molecule has 0 radical (unpaired) electrons. The van der Waals surface area contributed by atoms with E-state index in [2.05, 4.69) is 16.9 Å². The predicted octanol–water partition coefficient (Wildman–Crippen LogP) is 2.15. The molecule has 7 nitrogen and oxygen atoms in total. The minimum atomic E-state index is -0.535. The van der Waals surface area contributed by atoms with Crippen molar-refractivity contribution in [3.05, 3.63) is 22.6 Å². The molecule has 0 bridgehead atoms. The molecule has 7 heteroatoms. The summed E-state index contributed by atoms with van der Waals surface area (Å²) in [5, 5.41) is 9.80. The molecule has 1 heterocycles. The highest BCUT2D eigenvalue weighted by molar-refractivity contribution is 5.73. The number of aromatic nitrogens is 2. The maximum absolute atomic E-state index is 10.3. The topological polar surface area (TPSA) is 115 Å². The number of primary amides is 1. The monoisotopic (exact) mass is 256 g/mol. The Balaban J connectivity index is 0.000000327. The van der Waals surface area contributed by atoms with Crippen LogP contribution in [0.4, 0.5) is 5.82 Å². The second-order valence-corrected chi connectivity index (χ2v) is 3.82. The fraction of sp³-hybridized carbons (Fsp3) is 0.636. The molecule has 18 heavy (non-hydrogen) atoms. The molecule has 102 valence electrons. The van der Waals surface area contributed by atoms with Gasteiger partial charge in [-0.25, -0.2) is 9.97 Å². The predicted molar refractivity (Wildman–Crippen MR) is 67.8 cm³/mol. The minimum Gasteiger partial charge on any atom is -0.370 e. The molecular formula is C11H20N4O3. The quantitative estimate of drug-likeness (QED) is 0.441. The summed E-state index contributed by atoms with van der Waals surface area (Å²) in [5.41, 5.74) is 4.97. The molecule has 0 saturated carbocycles. The van der Waals surface area contributed by atoms with Gasteiger partial charge in [-0.05, 0) is 11.3 Å². The molecule has 0 unspecified atom stereocenters. The largest absolute Gasteiger partial charge is 0.370 e. The second kappa shape index (κ2) is 10.2. The highest BCUT2D eigenvalue weighted by atomic mass is 16.6. The molecule has 0 aliphatic heterocycles. The molecule has 0 spiro atoms. The van der Waals surface area contributed by atoms with Crippen molar-refractivity contribution in [3.63, 3.8) is 0 Å². The summed E-state index contributed by atoms with van der Waals surface area (Å²) < 4.78 is 0. The standard InChI is InChI=1S/C8H17NO.C3H3N3O2/c1-2-3-4-5-6-7-8(9)10;7-6(8)3-1-4-2-5-3/h2-7H2,1H3,(H2,9,10);1-2H,(H,4,5).